The molecule has 2 rings (SSSR count). The highest BCUT2D eigenvalue weighted by molar-refractivity contribution is 5.93. The number of rotatable bonds is 2. The van der Waals surface area contributed by atoms with Crippen LogP contribution < -0.4 is 5.32 Å². The van der Waals surface area contributed by atoms with Gasteiger partial charge in [0, 0.05) is 18.2 Å². The van der Waals surface area contributed by atoms with Crippen molar-refractivity contribution in [2.45, 2.75) is 6.92 Å². The molecule has 0 aliphatic heterocycles. The summed E-state index contributed by atoms with van der Waals surface area (Å²) in [5.41, 5.74) is 2.87. The van der Waals surface area contributed by atoms with Crippen LogP contribution in [0.3, 0.4) is 0 Å². The minimum absolute atomic E-state index is 0.0663. The van der Waals surface area contributed by atoms with Crippen molar-refractivity contribution in [1.29, 1.82) is 0 Å². The third-order valence-corrected chi connectivity index (χ3v) is 2.26. The molecule has 0 aliphatic carbocycles. The predicted octanol–water partition coefficient (Wildman–Crippen LogP) is 3.11. The summed E-state index contributed by atoms with van der Waals surface area (Å²) >= 11 is 0. The summed E-state index contributed by atoms with van der Waals surface area (Å²) in [7, 11) is 0. The monoisotopic (exact) mass is 210 g/mol. The van der Waals surface area contributed by atoms with Gasteiger partial charge in [0.1, 0.15) is 0 Å². The van der Waals surface area contributed by atoms with Crippen molar-refractivity contribution in [3.8, 4) is 11.1 Å². The first-order valence-corrected chi connectivity index (χ1v) is 5.10. The fourth-order valence-corrected chi connectivity index (χ4v) is 1.59. The first kappa shape index (κ1) is 10.4. The van der Waals surface area contributed by atoms with E-state index in [1.165, 1.54) is 6.92 Å². The van der Waals surface area contributed by atoms with Crippen LogP contribution in [0.5, 0.6) is 0 Å². The molecule has 0 heterocycles. The van der Waals surface area contributed by atoms with E-state index in [1.54, 1.807) is 6.07 Å². The average molecular weight is 210 g/mol. The summed E-state index contributed by atoms with van der Waals surface area (Å²) in [6.07, 6.45) is 0. The number of carbonyl (C=O) groups excluding carboxylic acids is 1. The molecule has 1 radical (unpaired) electrons. The van der Waals surface area contributed by atoms with E-state index in [4.69, 9.17) is 0 Å². The number of anilines is 1. The lowest BCUT2D eigenvalue weighted by atomic mass is 10.0. The van der Waals surface area contributed by atoms with Gasteiger partial charge in [-0.2, -0.15) is 0 Å². The van der Waals surface area contributed by atoms with Gasteiger partial charge in [-0.3, -0.25) is 4.79 Å². The van der Waals surface area contributed by atoms with Crippen LogP contribution in [0, 0.1) is 6.07 Å². The highest BCUT2D eigenvalue weighted by atomic mass is 16.1. The maximum absolute atomic E-state index is 11.1. The Labute approximate surface area is 94.9 Å². The molecule has 0 bridgehead atoms. The lowest BCUT2D eigenvalue weighted by molar-refractivity contribution is -0.114. The van der Waals surface area contributed by atoms with Gasteiger partial charge in [0.15, 0.2) is 0 Å². The topological polar surface area (TPSA) is 29.1 Å². The molecule has 0 fully saturated rings. The summed E-state index contributed by atoms with van der Waals surface area (Å²) in [5.74, 6) is -0.0663. The van der Waals surface area contributed by atoms with Crippen molar-refractivity contribution in [2.75, 3.05) is 5.32 Å². The number of amides is 1. The lowest BCUT2D eigenvalue weighted by Gasteiger charge is -2.09. The summed E-state index contributed by atoms with van der Waals surface area (Å²) in [6, 6.07) is 18.5. The third-order valence-electron chi connectivity index (χ3n) is 2.26. The Balaban J connectivity index is 2.44. The zero-order valence-corrected chi connectivity index (χ0v) is 9.03. The molecule has 0 aliphatic rings. The Kier molecular flexibility index (Phi) is 3.01. The number of carbonyl (C=O) groups is 1. The van der Waals surface area contributed by atoms with Crippen LogP contribution in [-0.2, 0) is 4.79 Å². The van der Waals surface area contributed by atoms with Gasteiger partial charge in [0.25, 0.3) is 0 Å². The van der Waals surface area contributed by atoms with Crippen LogP contribution >= 0.6 is 0 Å². The van der Waals surface area contributed by atoms with E-state index in [0.29, 0.717) is 0 Å². The van der Waals surface area contributed by atoms with E-state index in [-0.39, 0.29) is 5.91 Å². The number of benzene rings is 2. The van der Waals surface area contributed by atoms with Crippen molar-refractivity contribution in [1.82, 2.24) is 0 Å². The molecule has 0 saturated carbocycles. The molecule has 0 unspecified atom stereocenters. The van der Waals surface area contributed by atoms with Gasteiger partial charge in [0.05, 0.1) is 0 Å². The molecule has 0 aromatic heterocycles. The van der Waals surface area contributed by atoms with E-state index >= 15 is 0 Å². The SMILES string of the molecule is CC(=O)Nc1cc[c]cc1-c1ccccc1. The number of hydrogen-bond acceptors (Lipinski definition) is 1. The molecule has 2 aromatic rings. The van der Waals surface area contributed by atoms with E-state index in [0.717, 1.165) is 16.8 Å². The van der Waals surface area contributed by atoms with Crippen molar-refractivity contribution < 1.29 is 4.79 Å². The Hall–Kier alpha value is -2.09. The fourth-order valence-electron chi connectivity index (χ4n) is 1.59. The highest BCUT2D eigenvalue weighted by Crippen LogP contribution is 2.26. The summed E-state index contributed by atoms with van der Waals surface area (Å²) < 4.78 is 0. The third kappa shape index (κ3) is 2.28. The summed E-state index contributed by atoms with van der Waals surface area (Å²) in [5, 5.41) is 2.81. The molecule has 0 spiro atoms. The second-order valence-corrected chi connectivity index (χ2v) is 3.52. The lowest BCUT2D eigenvalue weighted by Crippen LogP contribution is -2.06. The minimum atomic E-state index is -0.0663. The zero-order chi connectivity index (χ0) is 11.4. The average Bonchev–Trinajstić information content (AvgIpc) is 2.30. The first-order chi connectivity index (χ1) is 7.77. The molecule has 1 amide bonds. The molecule has 79 valence electrons. The summed E-state index contributed by atoms with van der Waals surface area (Å²) in [6.45, 7) is 1.51. The Morgan fingerprint density at radius 2 is 1.94 bits per heavy atom. The second kappa shape index (κ2) is 4.62. The van der Waals surface area contributed by atoms with Gasteiger partial charge < -0.3 is 5.32 Å². The molecular formula is C14H12NO. The first-order valence-electron chi connectivity index (χ1n) is 5.10. The Morgan fingerprint density at radius 1 is 1.19 bits per heavy atom. The number of hydrogen-bond donors (Lipinski definition) is 1. The maximum atomic E-state index is 11.1. The van der Waals surface area contributed by atoms with Crippen molar-refractivity contribution in [2.24, 2.45) is 0 Å². The molecule has 0 saturated heterocycles. The van der Waals surface area contributed by atoms with Gasteiger partial charge in [-0.05, 0) is 23.8 Å². The van der Waals surface area contributed by atoms with Crippen LogP contribution in [0.25, 0.3) is 11.1 Å². The quantitative estimate of drug-likeness (QED) is 0.810. The van der Waals surface area contributed by atoms with E-state index in [1.807, 2.05) is 42.5 Å². The molecule has 2 aromatic carbocycles. The fraction of sp³-hybridized carbons (Fsp3) is 0.0714. The van der Waals surface area contributed by atoms with Gasteiger partial charge >= 0.3 is 0 Å². The largest absolute Gasteiger partial charge is 0.326 e. The molecule has 2 heteroatoms. The molecule has 16 heavy (non-hydrogen) atoms. The van der Waals surface area contributed by atoms with E-state index in [9.17, 15) is 4.79 Å². The standard InChI is InChI=1S/C14H12NO/c1-11(16)15-14-10-6-5-9-13(14)12-7-3-2-4-8-12/h2-4,6-10H,1H3,(H,15,16). The Bertz CT molecular complexity index is 491. The van der Waals surface area contributed by atoms with Crippen LogP contribution in [0.2, 0.25) is 0 Å². The molecule has 2 nitrogen and oxygen atoms in total. The second-order valence-electron chi connectivity index (χ2n) is 3.52. The predicted molar refractivity (Wildman–Crippen MR) is 65.0 cm³/mol. The van der Waals surface area contributed by atoms with Crippen LogP contribution in [0.1, 0.15) is 6.92 Å². The molecular weight excluding hydrogens is 198 g/mol. The Morgan fingerprint density at radius 3 is 2.62 bits per heavy atom. The van der Waals surface area contributed by atoms with Gasteiger partial charge in [-0.1, -0.05) is 36.4 Å². The molecule has 1 N–H and O–H groups in total. The smallest absolute Gasteiger partial charge is 0.221 e. The van der Waals surface area contributed by atoms with Crippen molar-refractivity contribution in [3.63, 3.8) is 0 Å². The molecule has 0 atom stereocenters. The minimum Gasteiger partial charge on any atom is -0.326 e. The van der Waals surface area contributed by atoms with Crippen LogP contribution in [0.4, 0.5) is 5.69 Å². The van der Waals surface area contributed by atoms with E-state index < -0.39 is 0 Å². The van der Waals surface area contributed by atoms with Gasteiger partial charge in [0.2, 0.25) is 5.91 Å². The highest BCUT2D eigenvalue weighted by Gasteiger charge is 2.04. The zero-order valence-electron chi connectivity index (χ0n) is 9.03. The maximum Gasteiger partial charge on any atom is 0.221 e. The van der Waals surface area contributed by atoms with E-state index in [2.05, 4.69) is 11.4 Å². The number of nitrogens with one attached hydrogen (secondary N) is 1. The normalized spacial score (nSPS) is 9.81. The van der Waals surface area contributed by atoms with Gasteiger partial charge in [-0.25, -0.2) is 0 Å². The van der Waals surface area contributed by atoms with Crippen molar-refractivity contribution in [3.05, 3.63) is 54.6 Å². The van der Waals surface area contributed by atoms with Gasteiger partial charge in [-0.15, -0.1) is 0 Å². The van der Waals surface area contributed by atoms with Crippen LogP contribution in [-0.4, -0.2) is 5.91 Å². The van der Waals surface area contributed by atoms with Crippen LogP contribution in [0.15, 0.2) is 48.5 Å². The van der Waals surface area contributed by atoms with Crippen molar-refractivity contribution >= 4 is 11.6 Å². The summed E-state index contributed by atoms with van der Waals surface area (Å²) in [4.78, 5) is 11.1.